The monoisotopic (exact) mass is 457 g/mol. The third-order valence-electron chi connectivity index (χ3n) is 3.52. The van der Waals surface area contributed by atoms with Gasteiger partial charge in [0.2, 0.25) is 0 Å². The molecule has 9 heteroatoms. The Hall–Kier alpha value is -1.26. The van der Waals surface area contributed by atoms with E-state index in [9.17, 15) is 13.2 Å². The number of halogens is 4. The number of nitrogens with zero attached hydrogens (tertiary/aromatic N) is 3. The molecule has 2 rings (SSSR count). The van der Waals surface area contributed by atoms with E-state index in [4.69, 9.17) is 0 Å². The molecule has 136 valence electrons. The van der Waals surface area contributed by atoms with Gasteiger partial charge in [0.1, 0.15) is 5.82 Å². The fourth-order valence-corrected chi connectivity index (χ4v) is 2.47. The summed E-state index contributed by atoms with van der Waals surface area (Å²) >= 11 is 0. The summed E-state index contributed by atoms with van der Waals surface area (Å²) in [6.45, 7) is 5.37. The minimum atomic E-state index is -4.41. The van der Waals surface area contributed by atoms with Crippen molar-refractivity contribution >= 4 is 35.8 Å². The zero-order chi connectivity index (χ0) is 16.7. The molecule has 1 aliphatic heterocycles. The fraction of sp³-hybridized carbons (Fsp3) is 0.600. The largest absolute Gasteiger partial charge is 0.419 e. The van der Waals surface area contributed by atoms with Crippen molar-refractivity contribution in [1.82, 2.24) is 15.2 Å². The molecule has 0 saturated carbocycles. The smallest absolute Gasteiger partial charge is 0.368 e. The average molecular weight is 457 g/mol. The van der Waals surface area contributed by atoms with Crippen LogP contribution < -0.4 is 10.6 Å². The number of anilines is 1. The van der Waals surface area contributed by atoms with E-state index in [2.05, 4.69) is 25.5 Å². The number of alkyl halides is 3. The minimum Gasteiger partial charge on any atom is -0.368 e. The highest BCUT2D eigenvalue weighted by Gasteiger charge is 2.33. The van der Waals surface area contributed by atoms with Crippen LogP contribution in [0.4, 0.5) is 19.0 Å². The first-order valence-corrected chi connectivity index (χ1v) is 7.81. The van der Waals surface area contributed by atoms with Gasteiger partial charge in [-0.1, -0.05) is 0 Å². The molecule has 2 heterocycles. The predicted octanol–water partition coefficient (Wildman–Crippen LogP) is 3.19. The van der Waals surface area contributed by atoms with Crippen LogP contribution in [-0.4, -0.2) is 48.6 Å². The highest BCUT2D eigenvalue weighted by Crippen LogP contribution is 2.33. The van der Waals surface area contributed by atoms with E-state index in [1.807, 2.05) is 6.92 Å². The standard InChI is InChI=1S/C15H22F3N5.HI/c1-2-19-14(23-10-3-4-11-23)22-9-8-21-13-12(15(16,17)18)6-5-7-20-13;/h5-7H,2-4,8-11H2,1H3,(H,19,22)(H,20,21);1H. The number of nitrogens with one attached hydrogen (secondary N) is 2. The Morgan fingerprint density at radius 3 is 2.67 bits per heavy atom. The summed E-state index contributed by atoms with van der Waals surface area (Å²) in [5.74, 6) is 0.672. The fourth-order valence-electron chi connectivity index (χ4n) is 2.47. The molecule has 0 amide bonds. The van der Waals surface area contributed by atoms with E-state index >= 15 is 0 Å². The van der Waals surface area contributed by atoms with E-state index in [1.54, 1.807) is 0 Å². The summed E-state index contributed by atoms with van der Waals surface area (Å²) in [5, 5.41) is 5.93. The van der Waals surface area contributed by atoms with Crippen molar-refractivity contribution in [3.63, 3.8) is 0 Å². The van der Waals surface area contributed by atoms with Crippen LogP contribution in [0.5, 0.6) is 0 Å². The number of hydrogen-bond acceptors (Lipinski definition) is 3. The van der Waals surface area contributed by atoms with Crippen LogP contribution in [0.1, 0.15) is 25.3 Å². The Balaban J connectivity index is 0.00000288. The molecule has 1 saturated heterocycles. The summed E-state index contributed by atoms with van der Waals surface area (Å²) in [7, 11) is 0. The molecule has 0 bridgehead atoms. The van der Waals surface area contributed by atoms with Gasteiger partial charge < -0.3 is 15.5 Å². The summed E-state index contributed by atoms with van der Waals surface area (Å²) < 4.78 is 38.6. The van der Waals surface area contributed by atoms with Gasteiger partial charge in [0.05, 0.1) is 12.1 Å². The maximum Gasteiger partial charge on any atom is 0.419 e. The second-order valence-corrected chi connectivity index (χ2v) is 5.25. The molecule has 0 unspecified atom stereocenters. The summed E-state index contributed by atoms with van der Waals surface area (Å²) in [4.78, 5) is 10.4. The molecule has 1 aromatic heterocycles. The number of pyridine rings is 1. The van der Waals surface area contributed by atoms with Gasteiger partial charge in [-0.15, -0.1) is 24.0 Å². The van der Waals surface area contributed by atoms with Crippen LogP contribution in [0.3, 0.4) is 0 Å². The van der Waals surface area contributed by atoms with Gasteiger partial charge in [0.15, 0.2) is 5.96 Å². The zero-order valence-corrected chi connectivity index (χ0v) is 15.9. The topological polar surface area (TPSA) is 52.6 Å². The molecule has 1 aliphatic rings. The lowest BCUT2D eigenvalue weighted by Gasteiger charge is -2.20. The lowest BCUT2D eigenvalue weighted by Crippen LogP contribution is -2.39. The lowest BCUT2D eigenvalue weighted by molar-refractivity contribution is -0.137. The van der Waals surface area contributed by atoms with Gasteiger partial charge in [-0.05, 0) is 31.9 Å². The third kappa shape index (κ3) is 5.99. The van der Waals surface area contributed by atoms with Gasteiger partial charge in [0.25, 0.3) is 0 Å². The van der Waals surface area contributed by atoms with Crippen molar-refractivity contribution in [1.29, 1.82) is 0 Å². The molecule has 1 fully saturated rings. The molecule has 5 nitrogen and oxygen atoms in total. The molecule has 0 aliphatic carbocycles. The van der Waals surface area contributed by atoms with Gasteiger partial charge in [0, 0.05) is 32.4 Å². The van der Waals surface area contributed by atoms with Gasteiger partial charge in [-0.25, -0.2) is 4.98 Å². The van der Waals surface area contributed by atoms with E-state index < -0.39 is 11.7 Å². The number of rotatable bonds is 5. The molecule has 0 atom stereocenters. The molecule has 0 radical (unpaired) electrons. The molecule has 24 heavy (non-hydrogen) atoms. The molecule has 0 aromatic carbocycles. The zero-order valence-electron chi connectivity index (χ0n) is 13.6. The Bertz CT molecular complexity index is 530. The number of likely N-dealkylation sites (tertiary alicyclic amines) is 1. The van der Waals surface area contributed by atoms with Crippen molar-refractivity contribution < 1.29 is 13.2 Å². The Morgan fingerprint density at radius 2 is 2.04 bits per heavy atom. The van der Waals surface area contributed by atoms with Crippen molar-refractivity contribution in [2.24, 2.45) is 4.99 Å². The molecule has 1 aromatic rings. The number of hydrogen-bond donors (Lipinski definition) is 2. The minimum absolute atomic E-state index is 0. The highest BCUT2D eigenvalue weighted by molar-refractivity contribution is 14.0. The lowest BCUT2D eigenvalue weighted by atomic mass is 10.2. The third-order valence-corrected chi connectivity index (χ3v) is 3.52. The van der Waals surface area contributed by atoms with Crippen LogP contribution >= 0.6 is 24.0 Å². The van der Waals surface area contributed by atoms with Crippen LogP contribution in [0, 0.1) is 0 Å². The summed E-state index contributed by atoms with van der Waals surface area (Å²) in [5.41, 5.74) is -0.754. The molecular weight excluding hydrogens is 434 g/mol. The normalized spacial score (nSPS) is 15.2. The van der Waals surface area contributed by atoms with Gasteiger partial charge in [-0.2, -0.15) is 13.2 Å². The Labute approximate surface area is 157 Å². The first-order chi connectivity index (χ1) is 11.0. The maximum atomic E-state index is 12.9. The molecular formula is C15H23F3IN5. The van der Waals surface area contributed by atoms with Crippen LogP contribution in [0.2, 0.25) is 0 Å². The molecule has 0 spiro atoms. The van der Waals surface area contributed by atoms with E-state index in [0.717, 1.165) is 44.5 Å². The number of guanidine groups is 1. The Morgan fingerprint density at radius 1 is 1.33 bits per heavy atom. The second kappa shape index (κ2) is 9.90. The van der Waals surface area contributed by atoms with Crippen molar-refractivity contribution in [3.05, 3.63) is 23.9 Å². The average Bonchev–Trinajstić information content (AvgIpc) is 3.04. The maximum absolute atomic E-state index is 12.9. The van der Waals surface area contributed by atoms with Gasteiger partial charge in [-0.3, -0.25) is 4.99 Å². The second-order valence-electron chi connectivity index (χ2n) is 5.25. The predicted molar refractivity (Wildman–Crippen MR) is 99.9 cm³/mol. The van der Waals surface area contributed by atoms with E-state index in [-0.39, 0.29) is 29.8 Å². The van der Waals surface area contributed by atoms with Crippen LogP contribution in [0.15, 0.2) is 23.3 Å². The van der Waals surface area contributed by atoms with Crippen LogP contribution in [-0.2, 0) is 6.18 Å². The summed E-state index contributed by atoms with van der Waals surface area (Å²) in [6, 6.07) is 2.30. The number of aliphatic imine (C=N–C) groups is 1. The summed E-state index contributed by atoms with van der Waals surface area (Å²) in [6.07, 6.45) is -0.781. The van der Waals surface area contributed by atoms with E-state index in [1.165, 1.54) is 12.3 Å². The first-order valence-electron chi connectivity index (χ1n) is 7.81. The Kier molecular flexibility index (Phi) is 8.57. The highest BCUT2D eigenvalue weighted by atomic mass is 127. The van der Waals surface area contributed by atoms with Gasteiger partial charge >= 0.3 is 6.18 Å². The van der Waals surface area contributed by atoms with Crippen molar-refractivity contribution in [2.75, 3.05) is 38.0 Å². The SMILES string of the molecule is CCNC(=NCCNc1ncccc1C(F)(F)F)N1CCCC1.I. The van der Waals surface area contributed by atoms with Crippen LogP contribution in [0.25, 0.3) is 0 Å². The van der Waals surface area contributed by atoms with Crippen molar-refractivity contribution in [2.45, 2.75) is 25.9 Å². The van der Waals surface area contributed by atoms with E-state index in [0.29, 0.717) is 13.1 Å². The van der Waals surface area contributed by atoms with Crippen molar-refractivity contribution in [3.8, 4) is 0 Å². The quantitative estimate of drug-likeness (QED) is 0.309. The molecule has 2 N–H and O–H groups in total. The number of aromatic nitrogens is 1. The first kappa shape index (κ1) is 20.8.